The first kappa shape index (κ1) is 20.7. The van der Waals surface area contributed by atoms with Crippen molar-refractivity contribution in [2.75, 3.05) is 20.1 Å². The Labute approximate surface area is 161 Å². The quantitative estimate of drug-likeness (QED) is 0.285. The van der Waals surface area contributed by atoms with Crippen LogP contribution in [-0.4, -0.2) is 40.7 Å². The van der Waals surface area contributed by atoms with Crippen molar-refractivity contribution in [2.24, 2.45) is 10.9 Å². The van der Waals surface area contributed by atoms with Gasteiger partial charge in [0.05, 0.1) is 0 Å². The van der Waals surface area contributed by atoms with E-state index in [1.807, 2.05) is 28.8 Å². The van der Waals surface area contributed by atoms with Gasteiger partial charge in [-0.1, -0.05) is 32.8 Å². The third-order valence-corrected chi connectivity index (χ3v) is 3.75. The lowest BCUT2D eigenvalue weighted by Gasteiger charge is -2.11. The number of guanidine groups is 1. The fourth-order valence-corrected chi connectivity index (χ4v) is 2.46. The number of hydrogen-bond donors (Lipinski definition) is 2. The molecule has 0 aliphatic carbocycles. The minimum Gasteiger partial charge on any atom is -0.356 e. The maximum absolute atomic E-state index is 4.25. The largest absolute Gasteiger partial charge is 0.356 e. The molecular weight excluding hydrogens is 415 g/mol. The van der Waals surface area contributed by atoms with Crippen LogP contribution in [0.15, 0.2) is 29.4 Å². The van der Waals surface area contributed by atoms with Crippen molar-refractivity contribution in [2.45, 2.75) is 39.5 Å². The molecule has 134 valence electrons. The average molecular weight is 444 g/mol. The van der Waals surface area contributed by atoms with E-state index in [1.165, 1.54) is 19.3 Å². The van der Waals surface area contributed by atoms with Gasteiger partial charge < -0.3 is 10.6 Å². The van der Waals surface area contributed by atoms with Gasteiger partial charge in [0.25, 0.3) is 0 Å². The zero-order valence-electron chi connectivity index (χ0n) is 14.8. The highest BCUT2D eigenvalue weighted by Gasteiger charge is 2.04. The van der Waals surface area contributed by atoms with Crippen molar-refractivity contribution >= 4 is 35.6 Å². The maximum atomic E-state index is 4.25. The van der Waals surface area contributed by atoms with E-state index >= 15 is 0 Å². The van der Waals surface area contributed by atoms with E-state index in [1.54, 1.807) is 7.05 Å². The number of aromatic nitrogens is 3. The molecule has 0 saturated carbocycles. The van der Waals surface area contributed by atoms with Crippen molar-refractivity contribution in [3.05, 3.63) is 30.2 Å². The van der Waals surface area contributed by atoms with Gasteiger partial charge in [-0.2, -0.15) is 0 Å². The summed E-state index contributed by atoms with van der Waals surface area (Å²) in [5, 5.41) is 15.1. The lowest BCUT2D eigenvalue weighted by Crippen LogP contribution is -2.38. The van der Waals surface area contributed by atoms with Gasteiger partial charge in [0.1, 0.15) is 5.82 Å². The molecule has 0 amide bonds. The van der Waals surface area contributed by atoms with Gasteiger partial charge >= 0.3 is 0 Å². The van der Waals surface area contributed by atoms with E-state index in [0.717, 1.165) is 42.9 Å². The number of aliphatic imine (C=N–C) groups is 1. The summed E-state index contributed by atoms with van der Waals surface area (Å²) in [6.45, 7) is 6.27. The molecular formula is C17H29IN6. The molecule has 0 aliphatic heterocycles. The standard InChI is InChI=1S/C17H28N6.HI/c1-14(2)8-4-6-11-19-17(18-3)20-12-10-16-22-21-15-9-5-7-13-23(15)16;/h5,7,9,13-14H,4,6,8,10-12H2,1-3H3,(H2,18,19,20);1H. The van der Waals surface area contributed by atoms with Crippen LogP contribution in [0.25, 0.3) is 5.65 Å². The molecule has 24 heavy (non-hydrogen) atoms. The number of fused-ring (bicyclic) bond motifs is 1. The molecule has 0 unspecified atom stereocenters. The summed E-state index contributed by atoms with van der Waals surface area (Å²) in [7, 11) is 1.80. The Hall–Kier alpha value is -1.38. The van der Waals surface area contributed by atoms with Gasteiger partial charge in [-0.3, -0.25) is 9.39 Å². The summed E-state index contributed by atoms with van der Waals surface area (Å²) in [5.41, 5.74) is 0.884. The highest BCUT2D eigenvalue weighted by Crippen LogP contribution is 2.05. The topological polar surface area (TPSA) is 66.6 Å². The van der Waals surface area contributed by atoms with Crippen LogP contribution in [0.4, 0.5) is 0 Å². The van der Waals surface area contributed by atoms with Crippen LogP contribution in [0.2, 0.25) is 0 Å². The zero-order valence-corrected chi connectivity index (χ0v) is 17.2. The van der Waals surface area contributed by atoms with E-state index in [2.05, 4.69) is 39.7 Å². The number of halogens is 1. The molecule has 6 nitrogen and oxygen atoms in total. The van der Waals surface area contributed by atoms with Gasteiger partial charge in [0, 0.05) is 32.8 Å². The summed E-state index contributed by atoms with van der Waals surface area (Å²) >= 11 is 0. The molecule has 2 rings (SSSR count). The predicted molar refractivity (Wildman–Crippen MR) is 110 cm³/mol. The fraction of sp³-hybridized carbons (Fsp3) is 0.588. The lowest BCUT2D eigenvalue weighted by atomic mass is 10.1. The average Bonchev–Trinajstić information content (AvgIpc) is 2.96. The fourth-order valence-electron chi connectivity index (χ4n) is 2.46. The molecule has 0 aromatic carbocycles. The monoisotopic (exact) mass is 444 g/mol. The first-order valence-corrected chi connectivity index (χ1v) is 8.44. The van der Waals surface area contributed by atoms with Crippen molar-refractivity contribution < 1.29 is 0 Å². The van der Waals surface area contributed by atoms with Crippen molar-refractivity contribution in [3.8, 4) is 0 Å². The summed E-state index contributed by atoms with van der Waals surface area (Å²) in [4.78, 5) is 4.25. The Kier molecular flexibility index (Phi) is 9.66. The van der Waals surface area contributed by atoms with Crippen LogP contribution in [-0.2, 0) is 6.42 Å². The van der Waals surface area contributed by atoms with Crippen LogP contribution < -0.4 is 10.6 Å². The number of nitrogens with one attached hydrogen (secondary N) is 2. The normalized spacial score (nSPS) is 11.6. The van der Waals surface area contributed by atoms with Gasteiger partial charge in [-0.25, -0.2) is 0 Å². The molecule has 0 atom stereocenters. The number of nitrogens with zero attached hydrogens (tertiary/aromatic N) is 4. The Balaban J connectivity index is 0.00000288. The number of rotatable bonds is 8. The SMILES string of the molecule is CN=C(NCCCCC(C)C)NCCc1nnc2ccccn12.I. The molecule has 0 aliphatic rings. The van der Waals surface area contributed by atoms with Crippen molar-refractivity contribution in [1.29, 1.82) is 0 Å². The summed E-state index contributed by atoms with van der Waals surface area (Å²) < 4.78 is 2.02. The van der Waals surface area contributed by atoms with Crippen LogP contribution in [0, 0.1) is 5.92 Å². The van der Waals surface area contributed by atoms with Gasteiger partial charge in [0.15, 0.2) is 11.6 Å². The molecule has 2 aromatic rings. The number of pyridine rings is 1. The van der Waals surface area contributed by atoms with E-state index in [4.69, 9.17) is 0 Å². The Morgan fingerprint density at radius 3 is 2.71 bits per heavy atom. The second kappa shape index (κ2) is 11.2. The van der Waals surface area contributed by atoms with Crippen molar-refractivity contribution in [1.82, 2.24) is 25.2 Å². The van der Waals surface area contributed by atoms with E-state index in [9.17, 15) is 0 Å². The predicted octanol–water partition coefficient (Wildman–Crippen LogP) is 2.88. The highest BCUT2D eigenvalue weighted by molar-refractivity contribution is 14.0. The molecule has 0 spiro atoms. The summed E-state index contributed by atoms with van der Waals surface area (Å²) in [6, 6.07) is 5.92. The summed E-state index contributed by atoms with van der Waals surface area (Å²) in [6.07, 6.45) is 6.51. The Morgan fingerprint density at radius 1 is 1.17 bits per heavy atom. The molecule has 2 heterocycles. The highest BCUT2D eigenvalue weighted by atomic mass is 127. The van der Waals surface area contributed by atoms with Gasteiger partial charge in [-0.15, -0.1) is 34.2 Å². The molecule has 7 heteroatoms. The van der Waals surface area contributed by atoms with E-state index in [0.29, 0.717) is 0 Å². The van der Waals surface area contributed by atoms with Crippen molar-refractivity contribution in [3.63, 3.8) is 0 Å². The van der Waals surface area contributed by atoms with Crippen LogP contribution in [0.3, 0.4) is 0 Å². The molecule has 2 N–H and O–H groups in total. The van der Waals surface area contributed by atoms with Crippen LogP contribution >= 0.6 is 24.0 Å². The first-order valence-electron chi connectivity index (χ1n) is 8.44. The Morgan fingerprint density at radius 2 is 1.96 bits per heavy atom. The van der Waals surface area contributed by atoms with Crippen LogP contribution in [0.5, 0.6) is 0 Å². The zero-order chi connectivity index (χ0) is 16.5. The molecule has 0 bridgehead atoms. The molecule has 0 saturated heterocycles. The van der Waals surface area contributed by atoms with E-state index < -0.39 is 0 Å². The lowest BCUT2D eigenvalue weighted by molar-refractivity contribution is 0.534. The van der Waals surface area contributed by atoms with Gasteiger partial charge in [0.2, 0.25) is 0 Å². The van der Waals surface area contributed by atoms with Crippen LogP contribution in [0.1, 0.15) is 38.9 Å². The summed E-state index contributed by atoms with van der Waals surface area (Å²) in [5.74, 6) is 2.59. The third-order valence-electron chi connectivity index (χ3n) is 3.75. The maximum Gasteiger partial charge on any atom is 0.190 e. The molecule has 0 radical (unpaired) electrons. The second-order valence-corrected chi connectivity index (χ2v) is 6.11. The third kappa shape index (κ3) is 6.62. The molecule has 0 fully saturated rings. The minimum atomic E-state index is 0. The molecule has 2 aromatic heterocycles. The van der Waals surface area contributed by atoms with Gasteiger partial charge in [-0.05, 0) is 24.5 Å². The Bertz CT molecular complexity index is 622. The first-order chi connectivity index (χ1) is 11.2. The number of hydrogen-bond acceptors (Lipinski definition) is 3. The van der Waals surface area contributed by atoms with E-state index in [-0.39, 0.29) is 24.0 Å². The smallest absolute Gasteiger partial charge is 0.190 e. The second-order valence-electron chi connectivity index (χ2n) is 6.11. The minimum absolute atomic E-state index is 0. The number of unbranched alkanes of at least 4 members (excludes halogenated alkanes) is 1.